The molecule has 0 aliphatic carbocycles. The summed E-state index contributed by atoms with van der Waals surface area (Å²) < 4.78 is 11.2. The molecule has 0 saturated heterocycles. The summed E-state index contributed by atoms with van der Waals surface area (Å²) in [5.74, 6) is 1.56. The summed E-state index contributed by atoms with van der Waals surface area (Å²) in [4.78, 5) is 0. The van der Waals surface area contributed by atoms with Gasteiger partial charge in [-0.25, -0.2) is 5.01 Å². The highest BCUT2D eigenvalue weighted by Crippen LogP contribution is 2.39. The fourth-order valence-electron chi connectivity index (χ4n) is 3.81. The van der Waals surface area contributed by atoms with Crippen molar-refractivity contribution in [3.05, 3.63) is 95.1 Å². The van der Waals surface area contributed by atoms with Gasteiger partial charge in [0.2, 0.25) is 0 Å². The Morgan fingerprint density at radius 3 is 2.47 bits per heavy atom. The van der Waals surface area contributed by atoms with Crippen LogP contribution >= 0.6 is 12.2 Å². The van der Waals surface area contributed by atoms with Crippen molar-refractivity contribution in [2.24, 2.45) is 5.10 Å². The Balaban J connectivity index is 1.66. The minimum absolute atomic E-state index is 0.105. The second-order valence-corrected chi connectivity index (χ2v) is 8.12. The average Bonchev–Trinajstić information content (AvgIpc) is 3.28. The van der Waals surface area contributed by atoms with Gasteiger partial charge >= 0.3 is 0 Å². The number of ether oxygens (including phenoxy) is 2. The van der Waals surface area contributed by atoms with Crippen LogP contribution in [-0.4, -0.2) is 30.1 Å². The zero-order valence-corrected chi connectivity index (χ0v) is 19.4. The quantitative estimate of drug-likeness (QED) is 0.526. The largest absolute Gasteiger partial charge is 0.497 e. The van der Waals surface area contributed by atoms with Crippen LogP contribution < -0.4 is 14.8 Å². The first-order valence-electron chi connectivity index (χ1n) is 10.6. The van der Waals surface area contributed by atoms with E-state index in [0.717, 1.165) is 33.9 Å². The summed E-state index contributed by atoms with van der Waals surface area (Å²) in [5, 5.41) is 10.8. The molecule has 4 rings (SSSR count). The number of rotatable bonds is 6. The van der Waals surface area contributed by atoms with E-state index in [9.17, 15) is 0 Å². The summed E-state index contributed by atoms with van der Waals surface area (Å²) in [5.41, 5.74) is 5.45. The molecule has 0 saturated carbocycles. The molecule has 1 heterocycles. The number of aryl methyl sites for hydroxylation is 1. The number of thiocarbonyl (C=S) groups is 1. The Labute approximate surface area is 194 Å². The van der Waals surface area contributed by atoms with E-state index in [1.54, 1.807) is 14.2 Å². The smallest absolute Gasteiger partial charge is 0.190 e. The van der Waals surface area contributed by atoms with Gasteiger partial charge in [-0.3, -0.25) is 0 Å². The van der Waals surface area contributed by atoms with E-state index < -0.39 is 0 Å². The zero-order chi connectivity index (χ0) is 22.5. The molecule has 1 N–H and O–H groups in total. The molecule has 1 aliphatic rings. The lowest BCUT2D eigenvalue weighted by molar-refractivity contribution is 0.339. The molecule has 1 atom stereocenters. The minimum atomic E-state index is -0.105. The van der Waals surface area contributed by atoms with Crippen LogP contribution in [0.15, 0.2) is 77.9 Å². The molecule has 0 fully saturated rings. The zero-order valence-electron chi connectivity index (χ0n) is 18.5. The maximum atomic E-state index is 5.79. The molecule has 5 nitrogen and oxygen atoms in total. The maximum Gasteiger partial charge on any atom is 0.190 e. The van der Waals surface area contributed by atoms with Crippen LogP contribution in [-0.2, 0) is 6.54 Å². The van der Waals surface area contributed by atoms with Crippen LogP contribution in [0.1, 0.15) is 34.7 Å². The van der Waals surface area contributed by atoms with Crippen molar-refractivity contribution in [3.8, 4) is 11.5 Å². The van der Waals surface area contributed by atoms with Crippen molar-refractivity contribution in [2.75, 3.05) is 14.2 Å². The fraction of sp³-hybridized carbons (Fsp3) is 0.231. The molecule has 164 valence electrons. The van der Waals surface area contributed by atoms with Crippen LogP contribution in [0.2, 0.25) is 0 Å². The summed E-state index contributed by atoms with van der Waals surface area (Å²) >= 11 is 5.79. The first-order chi connectivity index (χ1) is 15.6. The summed E-state index contributed by atoms with van der Waals surface area (Å²) in [7, 11) is 3.34. The SMILES string of the molecule is COc1ccc(OC)c(C2CC(c3ccc(C)cc3)=NN2C(=S)NCc2ccccc2)c1. The third-order valence-electron chi connectivity index (χ3n) is 5.59. The highest BCUT2D eigenvalue weighted by Gasteiger charge is 2.33. The number of benzene rings is 3. The van der Waals surface area contributed by atoms with Crippen LogP contribution in [0.4, 0.5) is 0 Å². The van der Waals surface area contributed by atoms with Crippen LogP contribution in [0.3, 0.4) is 0 Å². The van der Waals surface area contributed by atoms with Crippen molar-refractivity contribution in [1.82, 2.24) is 10.3 Å². The van der Waals surface area contributed by atoms with Gasteiger partial charge in [-0.2, -0.15) is 5.10 Å². The molecule has 0 bridgehead atoms. The van der Waals surface area contributed by atoms with Crippen LogP contribution in [0, 0.1) is 6.92 Å². The molecule has 0 amide bonds. The van der Waals surface area contributed by atoms with Crippen molar-refractivity contribution in [2.45, 2.75) is 25.9 Å². The Morgan fingerprint density at radius 2 is 1.78 bits per heavy atom. The lowest BCUT2D eigenvalue weighted by atomic mass is 9.97. The van der Waals surface area contributed by atoms with Gasteiger partial charge in [-0.15, -0.1) is 0 Å². The highest BCUT2D eigenvalue weighted by molar-refractivity contribution is 7.80. The predicted molar refractivity (Wildman–Crippen MR) is 132 cm³/mol. The van der Waals surface area contributed by atoms with Crippen molar-refractivity contribution in [3.63, 3.8) is 0 Å². The van der Waals surface area contributed by atoms with E-state index in [-0.39, 0.29) is 6.04 Å². The Kier molecular flexibility index (Phi) is 6.71. The average molecular weight is 446 g/mol. The fourth-order valence-corrected chi connectivity index (χ4v) is 4.05. The molecule has 6 heteroatoms. The van der Waals surface area contributed by atoms with Gasteiger partial charge in [0.15, 0.2) is 5.11 Å². The topological polar surface area (TPSA) is 46.1 Å². The molecule has 0 radical (unpaired) electrons. The number of hydrogen-bond donors (Lipinski definition) is 1. The van der Waals surface area contributed by atoms with Crippen molar-refractivity contribution in [1.29, 1.82) is 0 Å². The monoisotopic (exact) mass is 445 g/mol. The summed E-state index contributed by atoms with van der Waals surface area (Å²) in [6.45, 7) is 2.71. The number of hydrogen-bond acceptors (Lipinski definition) is 4. The molecule has 0 aromatic heterocycles. The van der Waals surface area contributed by atoms with Crippen LogP contribution in [0.5, 0.6) is 11.5 Å². The molecular weight excluding hydrogens is 418 g/mol. The first-order valence-corrected chi connectivity index (χ1v) is 11.0. The summed E-state index contributed by atoms with van der Waals surface area (Å²) in [6, 6.07) is 24.3. The van der Waals surface area contributed by atoms with Gasteiger partial charge in [-0.1, -0.05) is 60.2 Å². The molecular formula is C26H27N3O2S. The van der Waals surface area contributed by atoms with Crippen molar-refractivity contribution >= 4 is 23.0 Å². The molecule has 1 aliphatic heterocycles. The summed E-state index contributed by atoms with van der Waals surface area (Å²) in [6.07, 6.45) is 0.708. The lowest BCUT2D eigenvalue weighted by Gasteiger charge is -2.26. The number of methoxy groups -OCH3 is 2. The Bertz CT molecular complexity index is 1110. The number of nitrogens with zero attached hydrogens (tertiary/aromatic N) is 2. The second-order valence-electron chi connectivity index (χ2n) is 7.73. The van der Waals surface area contributed by atoms with Gasteiger partial charge in [0, 0.05) is 18.5 Å². The van der Waals surface area contributed by atoms with E-state index in [1.807, 2.05) is 41.4 Å². The van der Waals surface area contributed by atoms with Gasteiger partial charge in [0.05, 0.1) is 26.0 Å². The number of hydrazone groups is 1. The van der Waals surface area contributed by atoms with E-state index in [1.165, 1.54) is 5.56 Å². The van der Waals surface area contributed by atoms with E-state index >= 15 is 0 Å². The molecule has 1 unspecified atom stereocenters. The number of nitrogens with one attached hydrogen (secondary N) is 1. The van der Waals surface area contributed by atoms with Gasteiger partial charge in [0.1, 0.15) is 11.5 Å². The highest BCUT2D eigenvalue weighted by atomic mass is 32.1. The maximum absolute atomic E-state index is 5.79. The first kappa shape index (κ1) is 21.8. The Hall–Kier alpha value is -3.38. The normalized spacial score (nSPS) is 15.3. The molecule has 3 aromatic rings. The van der Waals surface area contributed by atoms with E-state index in [0.29, 0.717) is 18.1 Å². The van der Waals surface area contributed by atoms with Crippen LogP contribution in [0.25, 0.3) is 0 Å². The molecule has 3 aromatic carbocycles. The minimum Gasteiger partial charge on any atom is -0.497 e. The third kappa shape index (κ3) is 4.75. The second kappa shape index (κ2) is 9.83. The molecule has 32 heavy (non-hydrogen) atoms. The van der Waals surface area contributed by atoms with Gasteiger partial charge in [-0.05, 0) is 48.5 Å². The van der Waals surface area contributed by atoms with Crippen molar-refractivity contribution < 1.29 is 9.47 Å². The lowest BCUT2D eigenvalue weighted by Crippen LogP contribution is -2.36. The van der Waals surface area contributed by atoms with E-state index in [4.69, 9.17) is 26.8 Å². The predicted octanol–water partition coefficient (Wildman–Crippen LogP) is 5.24. The third-order valence-corrected chi connectivity index (χ3v) is 5.92. The van der Waals surface area contributed by atoms with Gasteiger partial charge < -0.3 is 14.8 Å². The molecule has 0 spiro atoms. The van der Waals surface area contributed by atoms with E-state index in [2.05, 4.69) is 48.6 Å². The standard InChI is InChI=1S/C26H27N3O2S/c1-18-9-11-20(12-10-18)23-16-24(22-15-21(30-2)13-14-25(22)31-3)29(28-23)26(32)27-17-19-7-5-4-6-8-19/h4-15,24H,16-17H2,1-3H3,(H,27,32). The van der Waals surface area contributed by atoms with Gasteiger partial charge in [0.25, 0.3) is 0 Å². The Morgan fingerprint density at radius 1 is 1.03 bits per heavy atom.